The first-order chi connectivity index (χ1) is 4.33. The molecule has 0 aliphatic heterocycles. The first kappa shape index (κ1) is 5.74. The van der Waals surface area contributed by atoms with Crippen LogP contribution in [0.25, 0.3) is 0 Å². The summed E-state index contributed by atoms with van der Waals surface area (Å²) in [7, 11) is 0. The molecule has 0 saturated heterocycles. The molecule has 0 aromatic carbocycles. The van der Waals surface area contributed by atoms with Gasteiger partial charge >= 0.3 is 0 Å². The number of carbonyl (C=O) groups excluding carboxylic acids is 1. The Morgan fingerprint density at radius 1 is 1.67 bits per heavy atom. The van der Waals surface area contributed by atoms with Crippen molar-refractivity contribution in [1.29, 1.82) is 0 Å². The summed E-state index contributed by atoms with van der Waals surface area (Å²) in [5.41, 5.74) is 0. The topological polar surface area (TPSA) is 70.7 Å². The van der Waals surface area contributed by atoms with Crippen LogP contribution in [0.4, 0.5) is 5.95 Å². The largest absolute Gasteiger partial charge is 0.311 e. The molecule has 0 saturated carbocycles. The van der Waals surface area contributed by atoms with E-state index < -0.39 is 0 Å². The number of aryl methyl sites for hydroxylation is 1. The minimum atomic E-state index is 0.377. The minimum absolute atomic E-state index is 0.377. The fraction of sp³-hybridized carbons (Fsp3) is 0.250. The van der Waals surface area contributed by atoms with Gasteiger partial charge in [-0.15, -0.1) is 10.2 Å². The number of nitrogens with zero attached hydrogens (tertiary/aromatic N) is 2. The summed E-state index contributed by atoms with van der Waals surface area (Å²) in [5.74, 6) is 1.06. The van der Waals surface area contributed by atoms with Crippen molar-refractivity contribution in [1.82, 2.24) is 15.2 Å². The molecule has 1 heterocycles. The number of H-pyrrole nitrogens is 1. The number of carbonyl (C=O) groups is 1. The zero-order valence-corrected chi connectivity index (χ0v) is 4.88. The summed E-state index contributed by atoms with van der Waals surface area (Å²) in [4.78, 5) is 12.5. The molecule has 9 heavy (non-hydrogen) atoms. The average molecular weight is 126 g/mol. The van der Waals surface area contributed by atoms with Crippen molar-refractivity contribution in [3.05, 3.63) is 5.82 Å². The molecule has 0 bridgehead atoms. The number of hydrogen-bond donors (Lipinski definition) is 2. The summed E-state index contributed by atoms with van der Waals surface area (Å²) < 4.78 is 0. The van der Waals surface area contributed by atoms with Crippen LogP contribution in [0.15, 0.2) is 0 Å². The molecule has 0 radical (unpaired) electrons. The highest BCUT2D eigenvalue weighted by Crippen LogP contribution is 1.92. The maximum atomic E-state index is 9.78. The molecule has 0 atom stereocenters. The van der Waals surface area contributed by atoms with Crippen molar-refractivity contribution in [2.24, 2.45) is 0 Å². The van der Waals surface area contributed by atoms with Gasteiger partial charge in [0.15, 0.2) is 0 Å². The predicted octanol–water partition coefficient (Wildman–Crippen LogP) is -0.319. The summed E-state index contributed by atoms with van der Waals surface area (Å²) >= 11 is 0. The van der Waals surface area contributed by atoms with Crippen molar-refractivity contribution in [2.45, 2.75) is 6.92 Å². The summed E-state index contributed by atoms with van der Waals surface area (Å²) in [6.45, 7) is 1.75. The molecule has 0 aliphatic rings. The van der Waals surface area contributed by atoms with E-state index in [4.69, 9.17) is 0 Å². The second kappa shape index (κ2) is 2.25. The van der Waals surface area contributed by atoms with Crippen molar-refractivity contribution >= 4 is 12.4 Å². The lowest BCUT2D eigenvalue weighted by molar-refractivity contribution is -0.105. The van der Waals surface area contributed by atoms with Crippen LogP contribution in [-0.4, -0.2) is 21.6 Å². The van der Waals surface area contributed by atoms with Crippen molar-refractivity contribution in [3.8, 4) is 0 Å². The van der Waals surface area contributed by atoms with E-state index in [0.29, 0.717) is 18.2 Å². The van der Waals surface area contributed by atoms with Crippen molar-refractivity contribution in [3.63, 3.8) is 0 Å². The maximum Gasteiger partial charge on any atom is 0.228 e. The molecule has 1 amide bonds. The summed E-state index contributed by atoms with van der Waals surface area (Å²) in [6, 6.07) is 0. The number of hydrogen-bond acceptors (Lipinski definition) is 3. The lowest BCUT2D eigenvalue weighted by Crippen LogP contribution is -1.94. The van der Waals surface area contributed by atoms with Gasteiger partial charge in [0, 0.05) is 0 Å². The van der Waals surface area contributed by atoms with Crippen LogP contribution in [0.3, 0.4) is 0 Å². The fourth-order valence-corrected chi connectivity index (χ4v) is 0.467. The molecule has 0 spiro atoms. The molecule has 5 heteroatoms. The van der Waals surface area contributed by atoms with Gasteiger partial charge in [0.2, 0.25) is 12.4 Å². The Bertz CT molecular complexity index is 206. The van der Waals surface area contributed by atoms with Gasteiger partial charge < -0.3 is 4.98 Å². The van der Waals surface area contributed by atoms with Gasteiger partial charge in [-0.1, -0.05) is 0 Å². The SMILES string of the molecule is Cc1nnc(NC=O)[nH]1. The third-order valence-corrected chi connectivity index (χ3v) is 0.795. The molecule has 5 nitrogen and oxygen atoms in total. The number of anilines is 1. The van der Waals surface area contributed by atoms with Crippen LogP contribution in [-0.2, 0) is 4.79 Å². The Labute approximate surface area is 51.5 Å². The number of nitrogens with one attached hydrogen (secondary N) is 2. The Morgan fingerprint density at radius 2 is 2.44 bits per heavy atom. The number of aromatic amines is 1. The summed E-state index contributed by atoms with van der Waals surface area (Å²) in [5, 5.41) is 9.48. The molecule has 2 N–H and O–H groups in total. The van der Waals surface area contributed by atoms with Gasteiger partial charge in [0.25, 0.3) is 0 Å². The molecular formula is C4H6N4O. The van der Waals surface area contributed by atoms with E-state index in [-0.39, 0.29) is 0 Å². The maximum absolute atomic E-state index is 9.78. The predicted molar refractivity (Wildman–Crippen MR) is 30.8 cm³/mol. The van der Waals surface area contributed by atoms with Gasteiger partial charge in [0.05, 0.1) is 0 Å². The molecule has 0 aliphatic carbocycles. The molecule has 48 valence electrons. The van der Waals surface area contributed by atoms with E-state index in [1.165, 1.54) is 0 Å². The zero-order valence-electron chi connectivity index (χ0n) is 4.88. The average Bonchev–Trinajstić information content (AvgIpc) is 2.17. The highest BCUT2D eigenvalue weighted by Gasteiger charge is 1.92. The highest BCUT2D eigenvalue weighted by molar-refractivity contribution is 5.66. The fourth-order valence-electron chi connectivity index (χ4n) is 0.467. The lowest BCUT2D eigenvalue weighted by Gasteiger charge is -1.83. The Morgan fingerprint density at radius 3 is 2.89 bits per heavy atom. The van der Waals surface area contributed by atoms with Crippen LogP contribution < -0.4 is 5.32 Å². The lowest BCUT2D eigenvalue weighted by atomic mass is 10.7. The number of aromatic nitrogens is 3. The third kappa shape index (κ3) is 1.25. The quantitative estimate of drug-likeness (QED) is 0.533. The second-order valence-corrected chi connectivity index (χ2v) is 1.52. The van der Waals surface area contributed by atoms with Crippen LogP contribution in [0.5, 0.6) is 0 Å². The van der Waals surface area contributed by atoms with Crippen LogP contribution in [0, 0.1) is 6.92 Å². The van der Waals surface area contributed by atoms with Gasteiger partial charge in [-0.2, -0.15) is 0 Å². The van der Waals surface area contributed by atoms with E-state index in [9.17, 15) is 4.79 Å². The third-order valence-electron chi connectivity index (χ3n) is 0.795. The number of amides is 1. The Hall–Kier alpha value is -1.39. The van der Waals surface area contributed by atoms with Crippen LogP contribution in [0.2, 0.25) is 0 Å². The minimum Gasteiger partial charge on any atom is -0.311 e. The molecule has 0 unspecified atom stereocenters. The van der Waals surface area contributed by atoms with Crippen molar-refractivity contribution in [2.75, 3.05) is 5.32 Å². The van der Waals surface area contributed by atoms with Gasteiger partial charge in [0.1, 0.15) is 5.82 Å². The highest BCUT2D eigenvalue weighted by atomic mass is 16.1. The molecular weight excluding hydrogens is 120 g/mol. The standard InChI is InChI=1S/C4H6N4O/c1-3-6-4(5-2-9)8-7-3/h2H,1H3,(H2,5,6,7,8,9). The van der Waals surface area contributed by atoms with Crippen LogP contribution in [0.1, 0.15) is 5.82 Å². The zero-order chi connectivity index (χ0) is 6.69. The van der Waals surface area contributed by atoms with E-state index in [1.807, 2.05) is 0 Å². The van der Waals surface area contributed by atoms with E-state index in [1.54, 1.807) is 6.92 Å². The van der Waals surface area contributed by atoms with Gasteiger partial charge in [-0.3, -0.25) is 10.1 Å². The molecule has 1 aromatic rings. The van der Waals surface area contributed by atoms with Crippen LogP contribution >= 0.6 is 0 Å². The van der Waals surface area contributed by atoms with Crippen molar-refractivity contribution < 1.29 is 4.79 Å². The number of rotatable bonds is 2. The molecule has 1 aromatic heterocycles. The van der Waals surface area contributed by atoms with Gasteiger partial charge in [-0.25, -0.2) is 0 Å². The Kier molecular flexibility index (Phi) is 1.44. The second-order valence-electron chi connectivity index (χ2n) is 1.52. The monoisotopic (exact) mass is 126 g/mol. The smallest absolute Gasteiger partial charge is 0.228 e. The molecule has 0 fully saturated rings. The van der Waals surface area contributed by atoms with E-state index in [2.05, 4.69) is 20.5 Å². The first-order valence-electron chi connectivity index (χ1n) is 2.42. The van der Waals surface area contributed by atoms with E-state index >= 15 is 0 Å². The molecule has 1 rings (SSSR count). The van der Waals surface area contributed by atoms with E-state index in [0.717, 1.165) is 0 Å². The normalized spacial score (nSPS) is 9.00. The summed E-state index contributed by atoms with van der Waals surface area (Å²) in [6.07, 6.45) is 0.542. The first-order valence-corrected chi connectivity index (χ1v) is 2.42. The Balaban J connectivity index is 2.72. The van der Waals surface area contributed by atoms with Gasteiger partial charge in [-0.05, 0) is 6.92 Å².